The Morgan fingerprint density at radius 1 is 1.34 bits per heavy atom. The lowest BCUT2D eigenvalue weighted by Crippen LogP contribution is -2.44. The second-order valence-corrected chi connectivity index (χ2v) is 8.02. The van der Waals surface area contributed by atoms with E-state index in [0.717, 1.165) is 6.54 Å². The third-order valence-electron chi connectivity index (χ3n) is 4.90. The first-order valence-corrected chi connectivity index (χ1v) is 10.1. The van der Waals surface area contributed by atoms with Crippen LogP contribution in [0.1, 0.15) is 38.1 Å². The fourth-order valence-corrected chi connectivity index (χ4v) is 3.16. The SMILES string of the molecule is CO[C@@H]1CN(C)C(=O)c2ccc(NC(=O)NC(C)C)cc2OC[C@@H](C)NC[C@@H]1C. The minimum absolute atomic E-state index is 0.0220. The van der Waals surface area contributed by atoms with Crippen molar-refractivity contribution in [2.24, 2.45) is 5.92 Å². The molecule has 1 aliphatic rings. The molecule has 0 unspecified atom stereocenters. The number of nitrogens with zero attached hydrogens (tertiary/aromatic N) is 1. The Kier molecular flexibility index (Phi) is 8.28. The molecule has 3 atom stereocenters. The van der Waals surface area contributed by atoms with Gasteiger partial charge in [-0.05, 0) is 38.8 Å². The first-order valence-electron chi connectivity index (χ1n) is 10.1. The number of carbonyl (C=O) groups is 2. The Morgan fingerprint density at radius 3 is 2.72 bits per heavy atom. The quantitative estimate of drug-likeness (QED) is 0.716. The fraction of sp³-hybridized carbons (Fsp3) is 0.619. The molecule has 0 saturated heterocycles. The number of rotatable bonds is 3. The standard InChI is InChI=1S/C21H34N4O4/c1-13(2)23-21(27)24-16-7-8-17-18(9-16)29-12-15(4)22-10-14(3)19(28-6)11-25(5)20(17)26/h7-9,13-15,19,22H,10-12H2,1-6H3,(H2,23,24,27)/t14-,15+,19+/m0/s1. The number of ether oxygens (including phenoxy) is 2. The van der Waals surface area contributed by atoms with E-state index in [4.69, 9.17) is 9.47 Å². The van der Waals surface area contributed by atoms with Gasteiger partial charge in [-0.15, -0.1) is 0 Å². The summed E-state index contributed by atoms with van der Waals surface area (Å²) < 4.78 is 11.6. The third kappa shape index (κ3) is 6.61. The number of nitrogens with one attached hydrogen (secondary N) is 3. The van der Waals surface area contributed by atoms with Crippen LogP contribution in [0.5, 0.6) is 5.75 Å². The van der Waals surface area contributed by atoms with E-state index in [1.807, 2.05) is 20.8 Å². The maximum atomic E-state index is 13.1. The molecule has 2 rings (SSSR count). The van der Waals surface area contributed by atoms with Crippen molar-refractivity contribution < 1.29 is 19.1 Å². The fourth-order valence-electron chi connectivity index (χ4n) is 3.16. The van der Waals surface area contributed by atoms with Crippen molar-refractivity contribution >= 4 is 17.6 Å². The van der Waals surface area contributed by atoms with E-state index in [9.17, 15) is 9.59 Å². The molecule has 1 aliphatic heterocycles. The van der Waals surface area contributed by atoms with Gasteiger partial charge in [0.2, 0.25) is 0 Å². The molecule has 0 aliphatic carbocycles. The molecule has 3 amide bonds. The zero-order chi connectivity index (χ0) is 21.6. The third-order valence-corrected chi connectivity index (χ3v) is 4.90. The number of benzene rings is 1. The van der Waals surface area contributed by atoms with Crippen molar-refractivity contribution in [1.82, 2.24) is 15.5 Å². The summed E-state index contributed by atoms with van der Waals surface area (Å²) >= 11 is 0. The van der Waals surface area contributed by atoms with Crippen LogP contribution in [0.25, 0.3) is 0 Å². The molecule has 1 aromatic rings. The van der Waals surface area contributed by atoms with Crippen molar-refractivity contribution in [3.8, 4) is 5.75 Å². The number of hydrogen-bond acceptors (Lipinski definition) is 5. The highest BCUT2D eigenvalue weighted by Crippen LogP contribution is 2.26. The average Bonchev–Trinajstić information content (AvgIpc) is 2.66. The van der Waals surface area contributed by atoms with Crippen molar-refractivity contribution in [3.63, 3.8) is 0 Å². The maximum Gasteiger partial charge on any atom is 0.319 e. The van der Waals surface area contributed by atoms with Gasteiger partial charge in [0, 0.05) is 51.1 Å². The van der Waals surface area contributed by atoms with E-state index >= 15 is 0 Å². The normalized spacial score (nSPS) is 23.5. The molecule has 1 aromatic carbocycles. The van der Waals surface area contributed by atoms with Crippen LogP contribution in [0, 0.1) is 5.92 Å². The second kappa shape index (κ2) is 10.5. The molecule has 0 saturated carbocycles. The van der Waals surface area contributed by atoms with E-state index < -0.39 is 0 Å². The molecule has 0 radical (unpaired) electrons. The molecule has 162 valence electrons. The smallest absolute Gasteiger partial charge is 0.319 e. The highest BCUT2D eigenvalue weighted by Gasteiger charge is 2.25. The van der Waals surface area contributed by atoms with E-state index in [1.54, 1.807) is 37.3 Å². The Hall–Kier alpha value is -2.32. The lowest BCUT2D eigenvalue weighted by atomic mass is 10.0. The van der Waals surface area contributed by atoms with Gasteiger partial charge in [0.25, 0.3) is 5.91 Å². The number of urea groups is 1. The molecule has 29 heavy (non-hydrogen) atoms. The summed E-state index contributed by atoms with van der Waals surface area (Å²) in [5.74, 6) is 0.539. The van der Waals surface area contributed by atoms with Crippen LogP contribution < -0.4 is 20.7 Å². The van der Waals surface area contributed by atoms with E-state index in [1.165, 1.54) is 0 Å². The van der Waals surface area contributed by atoms with E-state index in [0.29, 0.717) is 30.2 Å². The molecular formula is C21H34N4O4. The summed E-state index contributed by atoms with van der Waals surface area (Å²) in [6.45, 7) is 9.54. The highest BCUT2D eigenvalue weighted by atomic mass is 16.5. The number of fused-ring (bicyclic) bond motifs is 1. The van der Waals surface area contributed by atoms with E-state index in [2.05, 4.69) is 22.9 Å². The topological polar surface area (TPSA) is 91.9 Å². The molecule has 0 bridgehead atoms. The van der Waals surface area contributed by atoms with Gasteiger partial charge < -0.3 is 30.3 Å². The molecule has 3 N–H and O–H groups in total. The van der Waals surface area contributed by atoms with Crippen LogP contribution in [-0.2, 0) is 4.74 Å². The molecular weight excluding hydrogens is 372 g/mol. The van der Waals surface area contributed by atoms with Gasteiger partial charge in [0.1, 0.15) is 12.4 Å². The molecule has 1 heterocycles. The molecule has 0 aromatic heterocycles. The average molecular weight is 407 g/mol. The van der Waals surface area contributed by atoms with Gasteiger partial charge in [-0.2, -0.15) is 0 Å². The number of anilines is 1. The Bertz CT molecular complexity index is 710. The van der Waals surface area contributed by atoms with Crippen LogP contribution in [-0.4, -0.2) is 68.9 Å². The summed E-state index contributed by atoms with van der Waals surface area (Å²) in [6, 6.07) is 4.90. The minimum Gasteiger partial charge on any atom is -0.491 e. The largest absolute Gasteiger partial charge is 0.491 e. The van der Waals surface area contributed by atoms with Crippen molar-refractivity contribution in [3.05, 3.63) is 23.8 Å². The summed E-state index contributed by atoms with van der Waals surface area (Å²) in [5.41, 5.74) is 1.02. The lowest BCUT2D eigenvalue weighted by Gasteiger charge is -2.30. The van der Waals surface area contributed by atoms with Gasteiger partial charge in [-0.25, -0.2) is 4.79 Å². The predicted molar refractivity (Wildman–Crippen MR) is 114 cm³/mol. The minimum atomic E-state index is -0.302. The van der Waals surface area contributed by atoms with Crippen LogP contribution in [0.3, 0.4) is 0 Å². The molecule has 8 nitrogen and oxygen atoms in total. The van der Waals surface area contributed by atoms with Crippen molar-refractivity contribution in [2.45, 2.75) is 45.9 Å². The summed E-state index contributed by atoms with van der Waals surface area (Å²) in [5, 5.41) is 9.01. The van der Waals surface area contributed by atoms with Crippen LogP contribution in [0.15, 0.2) is 18.2 Å². The van der Waals surface area contributed by atoms with Gasteiger partial charge in [0.05, 0.1) is 11.7 Å². The number of carbonyl (C=O) groups excluding carboxylic acids is 2. The first-order chi connectivity index (χ1) is 13.7. The van der Waals surface area contributed by atoms with E-state index in [-0.39, 0.29) is 36.0 Å². The van der Waals surface area contributed by atoms with Crippen LogP contribution in [0.2, 0.25) is 0 Å². The Morgan fingerprint density at radius 2 is 2.07 bits per heavy atom. The summed E-state index contributed by atoms with van der Waals surface area (Å²) in [4.78, 5) is 26.7. The first kappa shape index (κ1) is 23.0. The highest BCUT2D eigenvalue weighted by molar-refractivity contribution is 5.98. The zero-order valence-corrected chi connectivity index (χ0v) is 18.2. The monoisotopic (exact) mass is 406 g/mol. The lowest BCUT2D eigenvalue weighted by molar-refractivity contribution is 0.0281. The predicted octanol–water partition coefficient (Wildman–Crippen LogP) is 2.31. The zero-order valence-electron chi connectivity index (χ0n) is 18.2. The molecule has 0 spiro atoms. The van der Waals surface area contributed by atoms with Crippen molar-refractivity contribution in [2.75, 3.05) is 39.2 Å². The summed E-state index contributed by atoms with van der Waals surface area (Å²) in [6.07, 6.45) is -0.0758. The molecule has 0 fully saturated rings. The van der Waals surface area contributed by atoms with Gasteiger partial charge in [0.15, 0.2) is 0 Å². The second-order valence-electron chi connectivity index (χ2n) is 8.02. The van der Waals surface area contributed by atoms with Crippen molar-refractivity contribution in [1.29, 1.82) is 0 Å². The van der Waals surface area contributed by atoms with Gasteiger partial charge in [-0.1, -0.05) is 6.92 Å². The Labute approximate surface area is 173 Å². The van der Waals surface area contributed by atoms with Crippen LogP contribution >= 0.6 is 0 Å². The molecule has 8 heteroatoms. The number of hydrogen-bond donors (Lipinski definition) is 3. The number of methoxy groups -OCH3 is 1. The van der Waals surface area contributed by atoms with Gasteiger partial charge >= 0.3 is 6.03 Å². The summed E-state index contributed by atoms with van der Waals surface area (Å²) in [7, 11) is 3.43. The Balaban J connectivity index is 2.29. The number of likely N-dealkylation sites (N-methyl/N-ethyl adjacent to an activating group) is 1. The van der Waals surface area contributed by atoms with Gasteiger partial charge in [-0.3, -0.25) is 4.79 Å². The van der Waals surface area contributed by atoms with Crippen LogP contribution in [0.4, 0.5) is 10.5 Å². The maximum absolute atomic E-state index is 13.1. The number of amides is 3.